The van der Waals surface area contributed by atoms with Crippen LogP contribution in [0.25, 0.3) is 0 Å². The quantitative estimate of drug-likeness (QED) is 0.787. The summed E-state index contributed by atoms with van der Waals surface area (Å²) in [5.41, 5.74) is 1.16. The van der Waals surface area contributed by atoms with Crippen LogP contribution in [-0.4, -0.2) is 18.6 Å². The fraction of sp³-hybridized carbons (Fsp3) is 0.462. The molecule has 0 amide bonds. The first-order valence-electron chi connectivity index (χ1n) is 5.83. The molecule has 0 bridgehead atoms. The number of thioether (sulfide) groups is 1. The summed E-state index contributed by atoms with van der Waals surface area (Å²) >= 11 is 1.77. The van der Waals surface area contributed by atoms with Gasteiger partial charge in [-0.15, -0.1) is 11.8 Å². The van der Waals surface area contributed by atoms with Crippen molar-refractivity contribution in [2.24, 2.45) is 4.99 Å². The average molecular weight is 234 g/mol. The maximum Gasteiger partial charge on any atom is 0.101 e. The summed E-state index contributed by atoms with van der Waals surface area (Å²) in [7, 11) is 0. The van der Waals surface area contributed by atoms with Crippen molar-refractivity contribution >= 4 is 23.3 Å². The molecule has 0 aromatic heterocycles. The summed E-state index contributed by atoms with van der Waals surface area (Å²) in [5, 5.41) is 3.43. The van der Waals surface area contributed by atoms with Crippen LogP contribution in [0.2, 0.25) is 0 Å². The van der Waals surface area contributed by atoms with Crippen molar-refractivity contribution in [1.29, 1.82) is 0 Å². The van der Waals surface area contributed by atoms with Crippen LogP contribution in [0.4, 0.5) is 5.69 Å². The van der Waals surface area contributed by atoms with E-state index in [0.29, 0.717) is 0 Å². The third-order valence-corrected chi connectivity index (χ3v) is 3.46. The molecule has 2 nitrogen and oxygen atoms in total. The third-order valence-electron chi connectivity index (χ3n) is 2.73. The van der Waals surface area contributed by atoms with Crippen molar-refractivity contribution in [1.82, 2.24) is 0 Å². The Kier molecular flexibility index (Phi) is 4.28. The highest BCUT2D eigenvalue weighted by molar-refractivity contribution is 7.98. The van der Waals surface area contributed by atoms with Crippen molar-refractivity contribution in [2.45, 2.75) is 30.6 Å². The van der Waals surface area contributed by atoms with Crippen molar-refractivity contribution in [3.63, 3.8) is 0 Å². The topological polar surface area (TPSA) is 24.4 Å². The van der Waals surface area contributed by atoms with Gasteiger partial charge in [0, 0.05) is 23.5 Å². The monoisotopic (exact) mass is 234 g/mol. The average Bonchev–Trinajstić information content (AvgIpc) is 2.58. The van der Waals surface area contributed by atoms with E-state index >= 15 is 0 Å². The highest BCUT2D eigenvalue weighted by Crippen LogP contribution is 2.19. The Balaban J connectivity index is 2.04. The number of nitrogens with one attached hydrogen (secondary N) is 1. The molecule has 0 aliphatic carbocycles. The first-order valence-corrected chi connectivity index (χ1v) is 7.05. The molecule has 1 heterocycles. The molecule has 0 saturated carbocycles. The van der Waals surface area contributed by atoms with Gasteiger partial charge in [-0.3, -0.25) is 4.99 Å². The Bertz CT molecular complexity index is 374. The molecule has 1 aromatic rings. The number of nitrogens with zero attached hydrogens (tertiary/aromatic N) is 1. The molecule has 2 rings (SSSR count). The van der Waals surface area contributed by atoms with E-state index in [1.807, 2.05) is 0 Å². The maximum atomic E-state index is 4.57. The first-order chi connectivity index (χ1) is 7.88. The molecule has 0 unspecified atom stereocenters. The second kappa shape index (κ2) is 5.94. The van der Waals surface area contributed by atoms with E-state index in [0.717, 1.165) is 24.5 Å². The van der Waals surface area contributed by atoms with E-state index in [4.69, 9.17) is 0 Å². The van der Waals surface area contributed by atoms with Crippen LogP contribution < -0.4 is 5.32 Å². The van der Waals surface area contributed by atoms with Crippen LogP contribution in [0, 0.1) is 0 Å². The number of amidine groups is 1. The normalized spacial score (nSPS) is 16.4. The van der Waals surface area contributed by atoms with Crippen molar-refractivity contribution in [3.05, 3.63) is 24.3 Å². The number of hydrogen-bond donors (Lipinski definition) is 1. The Labute approximate surface area is 102 Å². The zero-order chi connectivity index (χ0) is 11.2. The summed E-state index contributed by atoms with van der Waals surface area (Å²) in [6, 6.07) is 8.50. The lowest BCUT2D eigenvalue weighted by Crippen LogP contribution is -2.11. The van der Waals surface area contributed by atoms with Gasteiger partial charge in [0.15, 0.2) is 0 Å². The SMILES string of the molecule is CSc1cccc(NC2=NCCCCC2)c1. The summed E-state index contributed by atoms with van der Waals surface area (Å²) in [4.78, 5) is 5.86. The standard InChI is InChI=1S/C13H18N2S/c1-16-12-7-5-6-11(10-12)15-13-8-3-2-4-9-14-13/h5-7,10H,2-4,8-9H2,1H3,(H,14,15). The molecule has 1 aliphatic rings. The zero-order valence-electron chi connectivity index (χ0n) is 9.70. The molecular weight excluding hydrogens is 216 g/mol. The third kappa shape index (κ3) is 3.27. The smallest absolute Gasteiger partial charge is 0.101 e. The number of hydrogen-bond acceptors (Lipinski definition) is 3. The van der Waals surface area contributed by atoms with Crippen LogP contribution in [0.1, 0.15) is 25.7 Å². The van der Waals surface area contributed by atoms with E-state index < -0.39 is 0 Å². The van der Waals surface area contributed by atoms with Crippen LogP contribution in [-0.2, 0) is 0 Å². The molecule has 0 saturated heterocycles. The minimum absolute atomic E-state index is 0.977. The van der Waals surface area contributed by atoms with Gasteiger partial charge in [-0.05, 0) is 37.3 Å². The van der Waals surface area contributed by atoms with Crippen LogP contribution in [0.3, 0.4) is 0 Å². The molecular formula is C13H18N2S. The van der Waals surface area contributed by atoms with E-state index in [9.17, 15) is 0 Å². The predicted octanol–water partition coefficient (Wildman–Crippen LogP) is 3.79. The Hall–Kier alpha value is -0.960. The molecule has 1 aromatic carbocycles. The molecule has 0 atom stereocenters. The summed E-state index contributed by atoms with van der Waals surface area (Å²) < 4.78 is 0. The first kappa shape index (κ1) is 11.5. The largest absolute Gasteiger partial charge is 0.344 e. The van der Waals surface area contributed by atoms with Gasteiger partial charge in [-0.2, -0.15) is 0 Å². The van der Waals surface area contributed by atoms with E-state index in [1.54, 1.807) is 11.8 Å². The number of anilines is 1. The van der Waals surface area contributed by atoms with Gasteiger partial charge in [0.2, 0.25) is 0 Å². The molecule has 1 N–H and O–H groups in total. The highest BCUT2D eigenvalue weighted by atomic mass is 32.2. The number of benzene rings is 1. The second-order valence-electron chi connectivity index (χ2n) is 4.00. The number of rotatable bonds is 2. The Morgan fingerprint density at radius 1 is 1.25 bits per heavy atom. The summed E-state index contributed by atoms with van der Waals surface area (Å²) in [5.74, 6) is 1.15. The zero-order valence-corrected chi connectivity index (χ0v) is 10.5. The van der Waals surface area contributed by atoms with E-state index in [1.165, 1.54) is 24.2 Å². The fourth-order valence-electron chi connectivity index (χ4n) is 1.84. The van der Waals surface area contributed by atoms with E-state index in [2.05, 4.69) is 40.8 Å². The molecule has 3 heteroatoms. The lowest BCUT2D eigenvalue weighted by atomic mass is 10.2. The molecule has 0 radical (unpaired) electrons. The van der Waals surface area contributed by atoms with Crippen LogP contribution in [0.5, 0.6) is 0 Å². The molecule has 16 heavy (non-hydrogen) atoms. The summed E-state index contributed by atoms with van der Waals surface area (Å²) in [6.07, 6.45) is 6.98. The minimum atomic E-state index is 0.977. The molecule has 86 valence electrons. The Morgan fingerprint density at radius 2 is 2.19 bits per heavy atom. The number of aliphatic imine (C=N–C) groups is 1. The summed E-state index contributed by atoms with van der Waals surface area (Å²) in [6.45, 7) is 0.977. The van der Waals surface area contributed by atoms with Crippen molar-refractivity contribution in [2.75, 3.05) is 18.1 Å². The van der Waals surface area contributed by atoms with Gasteiger partial charge >= 0.3 is 0 Å². The van der Waals surface area contributed by atoms with Crippen molar-refractivity contribution in [3.8, 4) is 0 Å². The van der Waals surface area contributed by atoms with Gasteiger partial charge in [0.05, 0.1) is 0 Å². The lowest BCUT2D eigenvalue weighted by molar-refractivity contribution is 0.731. The fourth-order valence-corrected chi connectivity index (χ4v) is 2.30. The van der Waals surface area contributed by atoms with Crippen LogP contribution >= 0.6 is 11.8 Å². The lowest BCUT2D eigenvalue weighted by Gasteiger charge is -2.09. The highest BCUT2D eigenvalue weighted by Gasteiger charge is 2.04. The Morgan fingerprint density at radius 3 is 3.06 bits per heavy atom. The van der Waals surface area contributed by atoms with Gasteiger partial charge in [-0.25, -0.2) is 0 Å². The maximum absolute atomic E-state index is 4.57. The minimum Gasteiger partial charge on any atom is -0.344 e. The van der Waals surface area contributed by atoms with Crippen molar-refractivity contribution < 1.29 is 0 Å². The van der Waals surface area contributed by atoms with Gasteiger partial charge in [0.25, 0.3) is 0 Å². The van der Waals surface area contributed by atoms with Gasteiger partial charge in [-0.1, -0.05) is 12.5 Å². The van der Waals surface area contributed by atoms with Crippen LogP contribution in [0.15, 0.2) is 34.2 Å². The molecule has 0 spiro atoms. The molecule has 1 aliphatic heterocycles. The molecule has 0 fully saturated rings. The van der Waals surface area contributed by atoms with E-state index in [-0.39, 0.29) is 0 Å². The predicted molar refractivity (Wildman–Crippen MR) is 72.6 cm³/mol. The van der Waals surface area contributed by atoms with Gasteiger partial charge in [0.1, 0.15) is 5.84 Å². The van der Waals surface area contributed by atoms with Gasteiger partial charge < -0.3 is 5.32 Å². The second-order valence-corrected chi connectivity index (χ2v) is 4.88.